The number of carbonyl (C=O) groups is 2. The molecule has 0 saturated carbocycles. The zero-order valence-electron chi connectivity index (χ0n) is 17.6. The number of carbonyl (C=O) groups excluding carboxylic acids is 2. The van der Waals surface area contributed by atoms with Crippen molar-refractivity contribution in [2.45, 2.75) is 13.8 Å². The Labute approximate surface area is 202 Å². The van der Waals surface area contributed by atoms with Crippen molar-refractivity contribution in [1.29, 1.82) is 0 Å². The van der Waals surface area contributed by atoms with Crippen LogP contribution in [-0.2, 0) is 26.2 Å². The maximum absolute atomic E-state index is 10.7. The molecule has 4 aromatic carbocycles. The van der Waals surface area contributed by atoms with Crippen LogP contribution in [-0.4, -0.2) is 21.8 Å². The fourth-order valence-corrected chi connectivity index (χ4v) is 2.18. The first-order chi connectivity index (χ1) is 14.4. The van der Waals surface area contributed by atoms with Crippen LogP contribution in [0.25, 0.3) is 0 Å². The Morgan fingerprint density at radius 3 is 1.03 bits per heavy atom. The van der Waals surface area contributed by atoms with Gasteiger partial charge in [0.05, 0.1) is 11.1 Å². The van der Waals surface area contributed by atoms with Gasteiger partial charge in [-0.2, -0.15) is 36.4 Å². The SMILES string of the molecule is CC(=O)c1ccccc1O.CC(=O)c1ccccc1O.[Zr+2].c1cc[cH-]c1.c1cc[cH-]c1. The van der Waals surface area contributed by atoms with E-state index >= 15 is 0 Å². The Hall–Kier alpha value is -3.04. The van der Waals surface area contributed by atoms with E-state index in [1.165, 1.54) is 26.0 Å². The zero-order chi connectivity index (χ0) is 22.2. The second-order valence-electron chi connectivity index (χ2n) is 6.07. The molecule has 0 fully saturated rings. The smallest absolute Gasteiger partial charge is 0.507 e. The summed E-state index contributed by atoms with van der Waals surface area (Å²) < 4.78 is 0. The maximum Gasteiger partial charge on any atom is 2.00 e. The van der Waals surface area contributed by atoms with Gasteiger partial charge in [0.25, 0.3) is 0 Å². The number of Topliss-reactive ketones (excluding diaryl/α,β-unsaturated/α-hetero) is 2. The van der Waals surface area contributed by atoms with Crippen LogP contribution >= 0.6 is 0 Å². The van der Waals surface area contributed by atoms with Crippen molar-refractivity contribution in [2.75, 3.05) is 0 Å². The summed E-state index contributed by atoms with van der Waals surface area (Å²) in [5.41, 5.74) is 0.755. The van der Waals surface area contributed by atoms with E-state index in [0.29, 0.717) is 11.1 Å². The van der Waals surface area contributed by atoms with Gasteiger partial charge >= 0.3 is 26.2 Å². The van der Waals surface area contributed by atoms with Gasteiger partial charge in [0.1, 0.15) is 11.5 Å². The van der Waals surface area contributed by atoms with Crippen LogP contribution in [0, 0.1) is 0 Å². The van der Waals surface area contributed by atoms with Crippen molar-refractivity contribution < 1.29 is 46.0 Å². The van der Waals surface area contributed by atoms with E-state index in [9.17, 15) is 9.59 Å². The molecule has 0 unspecified atom stereocenters. The zero-order valence-corrected chi connectivity index (χ0v) is 20.1. The second kappa shape index (κ2) is 16.7. The summed E-state index contributed by atoms with van der Waals surface area (Å²) in [5, 5.41) is 18.1. The summed E-state index contributed by atoms with van der Waals surface area (Å²) in [5.74, 6) is -0.124. The van der Waals surface area contributed by atoms with Crippen molar-refractivity contribution in [2.24, 2.45) is 0 Å². The van der Waals surface area contributed by atoms with Crippen LogP contribution in [0.2, 0.25) is 0 Å². The molecule has 0 bridgehead atoms. The fraction of sp³-hybridized carbons (Fsp3) is 0.0769. The minimum atomic E-state index is -0.113. The maximum atomic E-state index is 10.7. The summed E-state index contributed by atoms with van der Waals surface area (Å²) in [7, 11) is 0. The summed E-state index contributed by atoms with van der Waals surface area (Å²) in [6.07, 6.45) is 0. The Morgan fingerprint density at radius 1 is 0.581 bits per heavy atom. The first-order valence-electron chi connectivity index (χ1n) is 9.34. The van der Waals surface area contributed by atoms with E-state index in [4.69, 9.17) is 10.2 Å². The summed E-state index contributed by atoms with van der Waals surface area (Å²) >= 11 is 0. The van der Waals surface area contributed by atoms with Crippen LogP contribution in [0.15, 0.2) is 109 Å². The molecule has 0 spiro atoms. The molecule has 0 saturated heterocycles. The van der Waals surface area contributed by atoms with Gasteiger partial charge in [-0.25, -0.2) is 24.3 Å². The average Bonchev–Trinajstić information content (AvgIpc) is 3.47. The number of ketones is 2. The normalized spacial score (nSPS) is 8.58. The van der Waals surface area contributed by atoms with Gasteiger partial charge in [-0.15, -0.1) is 0 Å². The molecule has 4 nitrogen and oxygen atoms in total. The molecule has 0 aromatic heterocycles. The average molecular weight is 494 g/mol. The largest absolute Gasteiger partial charge is 2.00 e. The van der Waals surface area contributed by atoms with Crippen molar-refractivity contribution in [3.05, 3.63) is 120 Å². The molecule has 4 aromatic rings. The number of hydrogen-bond acceptors (Lipinski definition) is 4. The number of phenols is 2. The predicted molar refractivity (Wildman–Crippen MR) is 120 cm³/mol. The molecule has 0 heterocycles. The number of phenolic OH excluding ortho intramolecular Hbond substituents is 2. The summed E-state index contributed by atoms with van der Waals surface area (Å²) in [4.78, 5) is 21.4. The second-order valence-corrected chi connectivity index (χ2v) is 6.07. The molecule has 0 aliphatic carbocycles. The van der Waals surface area contributed by atoms with Crippen LogP contribution in [0.1, 0.15) is 34.6 Å². The summed E-state index contributed by atoms with van der Waals surface area (Å²) in [6, 6.07) is 33.0. The molecule has 0 amide bonds. The number of rotatable bonds is 2. The monoisotopic (exact) mass is 492 g/mol. The molecule has 5 heteroatoms. The first kappa shape index (κ1) is 28.0. The molecule has 158 valence electrons. The Bertz CT molecular complexity index is 858. The van der Waals surface area contributed by atoms with E-state index in [-0.39, 0.29) is 49.3 Å². The number of para-hydroxylation sites is 2. The molecule has 0 radical (unpaired) electrons. The molecule has 0 aliphatic heterocycles. The van der Waals surface area contributed by atoms with Crippen molar-refractivity contribution in [1.82, 2.24) is 0 Å². The standard InChI is InChI=1S/2C8H8O2.2C5H5.Zr/c2*1-6(9)7-4-2-3-5-8(7)10;2*1-2-4-5-3-1;/h2*2-5,10H,1H3;2*1-5H;/q;;2*-1;+2. The van der Waals surface area contributed by atoms with Crippen LogP contribution in [0.4, 0.5) is 0 Å². The first-order valence-corrected chi connectivity index (χ1v) is 9.34. The minimum Gasteiger partial charge on any atom is -0.507 e. The predicted octanol–water partition coefficient (Wildman–Crippen LogP) is 6.00. The molecular formula is C26H26O4Zr. The van der Waals surface area contributed by atoms with Crippen LogP contribution in [0.5, 0.6) is 11.5 Å². The van der Waals surface area contributed by atoms with E-state index in [0.717, 1.165) is 0 Å². The van der Waals surface area contributed by atoms with Gasteiger partial charge in [-0.1, -0.05) is 24.3 Å². The van der Waals surface area contributed by atoms with Crippen molar-refractivity contribution in [3.8, 4) is 11.5 Å². The van der Waals surface area contributed by atoms with E-state index in [1.807, 2.05) is 60.7 Å². The van der Waals surface area contributed by atoms with Crippen molar-refractivity contribution in [3.63, 3.8) is 0 Å². The van der Waals surface area contributed by atoms with Gasteiger partial charge in [0.15, 0.2) is 11.6 Å². The Morgan fingerprint density at radius 2 is 0.871 bits per heavy atom. The molecule has 4 rings (SSSR count). The van der Waals surface area contributed by atoms with Crippen molar-refractivity contribution >= 4 is 11.6 Å². The fourth-order valence-electron chi connectivity index (χ4n) is 2.18. The van der Waals surface area contributed by atoms with Gasteiger partial charge in [-0.05, 0) is 38.1 Å². The molecule has 0 atom stereocenters. The molecule has 0 aliphatic rings. The van der Waals surface area contributed by atoms with Gasteiger partial charge < -0.3 is 10.2 Å². The van der Waals surface area contributed by atoms with Crippen LogP contribution < -0.4 is 0 Å². The summed E-state index contributed by atoms with van der Waals surface area (Å²) in [6.45, 7) is 2.85. The third-order valence-electron chi connectivity index (χ3n) is 3.68. The van der Waals surface area contributed by atoms with E-state index in [1.54, 1.807) is 36.4 Å². The van der Waals surface area contributed by atoms with Gasteiger partial charge in [0, 0.05) is 0 Å². The Kier molecular flexibility index (Phi) is 15.1. The number of aromatic hydroxyl groups is 2. The third kappa shape index (κ3) is 12.3. The number of hydrogen-bond donors (Lipinski definition) is 2. The van der Waals surface area contributed by atoms with E-state index in [2.05, 4.69) is 0 Å². The van der Waals surface area contributed by atoms with Gasteiger partial charge in [-0.3, -0.25) is 9.59 Å². The minimum absolute atomic E-state index is 0. The Balaban J connectivity index is 0.000000401. The third-order valence-corrected chi connectivity index (χ3v) is 3.68. The topological polar surface area (TPSA) is 74.6 Å². The van der Waals surface area contributed by atoms with Gasteiger partial charge in [0.2, 0.25) is 0 Å². The quantitative estimate of drug-likeness (QED) is 0.265. The molecular weight excluding hydrogens is 468 g/mol. The molecule has 2 N–H and O–H groups in total. The molecule has 31 heavy (non-hydrogen) atoms. The van der Waals surface area contributed by atoms with Crippen LogP contribution in [0.3, 0.4) is 0 Å². The number of benzene rings is 2. The van der Waals surface area contributed by atoms with E-state index < -0.39 is 0 Å².